The van der Waals surface area contributed by atoms with Crippen LogP contribution in [0.1, 0.15) is 12.5 Å². The number of hydrogen-bond donors (Lipinski definition) is 1. The summed E-state index contributed by atoms with van der Waals surface area (Å²) in [5, 5.41) is 4.35. The molecule has 1 amide bonds. The predicted molar refractivity (Wildman–Crippen MR) is 156 cm³/mol. The molecule has 5 aromatic rings. The Balaban J connectivity index is 1.14. The number of carbonyl (C=O) groups excluding carboxylic acids is 1. The molecule has 10 heteroatoms. The fourth-order valence-corrected chi connectivity index (χ4v) is 5.44. The van der Waals surface area contributed by atoms with E-state index in [2.05, 4.69) is 43.1 Å². The summed E-state index contributed by atoms with van der Waals surface area (Å²) in [5.41, 5.74) is 4.43. The molecule has 10 nitrogen and oxygen atoms in total. The van der Waals surface area contributed by atoms with Crippen LogP contribution in [0.15, 0.2) is 67.4 Å². The first-order chi connectivity index (χ1) is 20.1. The minimum Gasteiger partial charge on any atom is -0.489 e. The molecule has 5 heterocycles. The molecule has 0 aliphatic carbocycles. The van der Waals surface area contributed by atoms with Gasteiger partial charge in [0.2, 0.25) is 0 Å². The summed E-state index contributed by atoms with van der Waals surface area (Å²) in [6.07, 6.45) is 7.13. The number of amides is 1. The number of benzene rings is 2. The van der Waals surface area contributed by atoms with Crippen molar-refractivity contribution in [2.75, 3.05) is 36.5 Å². The Morgan fingerprint density at radius 3 is 2.90 bits per heavy atom. The van der Waals surface area contributed by atoms with E-state index in [1.165, 1.54) is 0 Å². The molecule has 2 bridgehead atoms. The molecule has 41 heavy (non-hydrogen) atoms. The lowest BCUT2D eigenvalue weighted by molar-refractivity contribution is -0.128. The maximum atomic E-state index is 12.5. The fourth-order valence-electron chi connectivity index (χ4n) is 5.44. The maximum absolute atomic E-state index is 12.5. The summed E-state index contributed by atoms with van der Waals surface area (Å²) in [6, 6.07) is 13.7. The molecule has 0 saturated carbocycles. The summed E-state index contributed by atoms with van der Waals surface area (Å²) in [5.74, 6) is 8.17. The second kappa shape index (κ2) is 10.0. The Hall–Kier alpha value is -5.30. The SMILES string of the molecule is CC#CC(=O)N1CCN2C[C@H]1COc1cc3ncnc(Nc4ccc(Oc5ccn6ccnc6c5)c(C)c4)c3cc12. The average molecular weight is 546 g/mol. The van der Waals surface area contributed by atoms with E-state index in [9.17, 15) is 4.79 Å². The van der Waals surface area contributed by atoms with Gasteiger partial charge in [-0.15, -0.1) is 0 Å². The van der Waals surface area contributed by atoms with E-state index in [1.807, 2.05) is 65.0 Å². The van der Waals surface area contributed by atoms with Gasteiger partial charge in [0, 0.05) is 61.4 Å². The number of aromatic nitrogens is 4. The highest BCUT2D eigenvalue weighted by Gasteiger charge is 2.34. The first kappa shape index (κ1) is 24.7. The van der Waals surface area contributed by atoms with Crippen molar-refractivity contribution < 1.29 is 14.3 Å². The van der Waals surface area contributed by atoms with Gasteiger partial charge >= 0.3 is 0 Å². The zero-order valence-electron chi connectivity index (χ0n) is 22.7. The van der Waals surface area contributed by atoms with Crippen LogP contribution >= 0.6 is 0 Å². The molecule has 2 aromatic carbocycles. The number of fused-ring (bicyclic) bond motifs is 6. The Morgan fingerprint density at radius 1 is 1.10 bits per heavy atom. The van der Waals surface area contributed by atoms with Gasteiger partial charge < -0.3 is 29.0 Å². The van der Waals surface area contributed by atoms with Crippen LogP contribution < -0.4 is 19.7 Å². The standard InChI is InChI=1S/C31H27N7O3/c1-3-4-30(39)38-12-11-37-17-22(38)18-40-28-16-25-24(15-26(28)37)31(34-19-33-25)35-21-5-6-27(20(2)13-21)41-23-7-9-36-10-8-32-29(36)14-23/h5-10,13-16,19,22H,11-12,17-18H2,1-2H3,(H,33,34,35)/t22-/m0/s1. The first-order valence-electron chi connectivity index (χ1n) is 13.4. The van der Waals surface area contributed by atoms with Crippen molar-refractivity contribution in [1.29, 1.82) is 0 Å². The Bertz CT molecular complexity index is 1870. The number of rotatable bonds is 4. The van der Waals surface area contributed by atoms with E-state index in [0.29, 0.717) is 32.1 Å². The van der Waals surface area contributed by atoms with Gasteiger partial charge in [-0.3, -0.25) is 4.79 Å². The van der Waals surface area contributed by atoms with Crippen molar-refractivity contribution in [2.45, 2.75) is 19.9 Å². The number of carbonyl (C=O) groups is 1. The quantitative estimate of drug-likeness (QED) is 0.329. The Kier molecular flexibility index (Phi) is 6.04. The van der Waals surface area contributed by atoms with Crippen LogP contribution in [0.4, 0.5) is 17.2 Å². The van der Waals surface area contributed by atoms with Crippen LogP contribution in [0, 0.1) is 18.8 Å². The number of nitrogens with one attached hydrogen (secondary N) is 1. The van der Waals surface area contributed by atoms with Crippen LogP contribution in [-0.2, 0) is 4.79 Å². The zero-order chi connectivity index (χ0) is 27.9. The highest BCUT2D eigenvalue weighted by atomic mass is 16.5. The zero-order valence-corrected chi connectivity index (χ0v) is 22.7. The van der Waals surface area contributed by atoms with Crippen molar-refractivity contribution in [3.05, 3.63) is 72.9 Å². The molecule has 2 aliphatic heterocycles. The summed E-state index contributed by atoms with van der Waals surface area (Å²) >= 11 is 0. The van der Waals surface area contributed by atoms with Gasteiger partial charge in [-0.1, -0.05) is 5.92 Å². The molecule has 1 fully saturated rings. The molecule has 7 rings (SSSR count). The average Bonchev–Trinajstić information content (AvgIpc) is 3.40. The van der Waals surface area contributed by atoms with Gasteiger partial charge in [-0.25, -0.2) is 15.0 Å². The van der Waals surface area contributed by atoms with Crippen molar-refractivity contribution in [1.82, 2.24) is 24.3 Å². The molecule has 1 saturated heterocycles. The van der Waals surface area contributed by atoms with Gasteiger partial charge in [0.1, 0.15) is 41.6 Å². The van der Waals surface area contributed by atoms with Crippen LogP contribution in [0.3, 0.4) is 0 Å². The number of nitrogens with zero attached hydrogens (tertiary/aromatic N) is 6. The third-order valence-electron chi connectivity index (χ3n) is 7.50. The number of imidazole rings is 1. The lowest BCUT2D eigenvalue weighted by atomic mass is 10.1. The molecule has 2 aliphatic rings. The first-order valence-corrected chi connectivity index (χ1v) is 13.4. The number of anilines is 3. The van der Waals surface area contributed by atoms with Crippen molar-refractivity contribution in [3.8, 4) is 29.1 Å². The maximum Gasteiger partial charge on any atom is 0.298 e. The van der Waals surface area contributed by atoms with Crippen LogP contribution in [0.25, 0.3) is 16.6 Å². The molecule has 3 aromatic heterocycles. The molecular formula is C31H27N7O3. The molecule has 0 unspecified atom stereocenters. The van der Waals surface area contributed by atoms with Gasteiger partial charge in [0.05, 0.1) is 17.2 Å². The lowest BCUT2D eigenvalue weighted by Gasteiger charge is -2.39. The van der Waals surface area contributed by atoms with Gasteiger partial charge in [0.15, 0.2) is 0 Å². The van der Waals surface area contributed by atoms with E-state index in [-0.39, 0.29) is 11.9 Å². The minimum absolute atomic E-state index is 0.0679. The Labute approximate surface area is 236 Å². The topological polar surface area (TPSA) is 97.1 Å². The molecule has 1 N–H and O–H groups in total. The second-order valence-electron chi connectivity index (χ2n) is 10.1. The molecule has 0 radical (unpaired) electrons. The second-order valence-corrected chi connectivity index (χ2v) is 10.1. The normalized spacial score (nSPS) is 15.9. The van der Waals surface area contributed by atoms with Gasteiger partial charge in [-0.05, 0) is 55.7 Å². The molecule has 0 spiro atoms. The lowest BCUT2D eigenvalue weighted by Crippen LogP contribution is -2.56. The largest absolute Gasteiger partial charge is 0.489 e. The number of ether oxygens (including phenoxy) is 2. The van der Waals surface area contributed by atoms with Crippen molar-refractivity contribution >= 4 is 39.6 Å². The minimum atomic E-state index is -0.153. The van der Waals surface area contributed by atoms with Crippen LogP contribution in [0.5, 0.6) is 17.2 Å². The third kappa shape index (κ3) is 4.61. The van der Waals surface area contributed by atoms with E-state index >= 15 is 0 Å². The summed E-state index contributed by atoms with van der Waals surface area (Å²) in [4.78, 5) is 30.0. The fraction of sp³-hybridized carbons (Fsp3) is 0.226. The third-order valence-corrected chi connectivity index (χ3v) is 7.50. The van der Waals surface area contributed by atoms with Gasteiger partial charge in [0.25, 0.3) is 5.91 Å². The molecule has 1 atom stereocenters. The number of aryl methyl sites for hydroxylation is 1. The van der Waals surface area contributed by atoms with E-state index in [0.717, 1.165) is 50.7 Å². The van der Waals surface area contributed by atoms with Gasteiger partial charge in [-0.2, -0.15) is 0 Å². The Morgan fingerprint density at radius 2 is 2.02 bits per heavy atom. The summed E-state index contributed by atoms with van der Waals surface area (Å²) in [7, 11) is 0. The van der Waals surface area contributed by atoms with Crippen LogP contribution in [-0.4, -0.2) is 62.4 Å². The summed E-state index contributed by atoms with van der Waals surface area (Å²) in [6.45, 7) is 6.07. The van der Waals surface area contributed by atoms with Crippen molar-refractivity contribution in [2.24, 2.45) is 0 Å². The smallest absolute Gasteiger partial charge is 0.298 e. The monoisotopic (exact) mass is 545 g/mol. The summed E-state index contributed by atoms with van der Waals surface area (Å²) < 4.78 is 14.3. The molecular weight excluding hydrogens is 518 g/mol. The van der Waals surface area contributed by atoms with Crippen LogP contribution in [0.2, 0.25) is 0 Å². The van der Waals surface area contributed by atoms with E-state index in [4.69, 9.17) is 9.47 Å². The number of hydrogen-bond acceptors (Lipinski definition) is 8. The van der Waals surface area contributed by atoms with E-state index < -0.39 is 0 Å². The number of piperazine rings is 1. The molecule has 204 valence electrons. The highest BCUT2D eigenvalue weighted by molar-refractivity contribution is 5.96. The van der Waals surface area contributed by atoms with Crippen molar-refractivity contribution in [3.63, 3.8) is 0 Å². The number of pyridine rings is 1. The predicted octanol–water partition coefficient (Wildman–Crippen LogP) is 4.55. The van der Waals surface area contributed by atoms with E-state index in [1.54, 1.807) is 19.4 Å². The highest BCUT2D eigenvalue weighted by Crippen LogP contribution is 2.39.